The van der Waals surface area contributed by atoms with E-state index in [1.54, 1.807) is 23.4 Å². The Balaban J connectivity index is 1.70. The van der Waals surface area contributed by atoms with E-state index in [1.807, 2.05) is 4.90 Å². The standard InChI is InChI=1S/C20H21F3N4O2/c1-2-18(28)26-10-11-27(19-24-8-3-9-25-19)13-17(12-26)29-14-15-4-6-16(7-5-15)20(21,22)23/h2-9,17H,1,10-14H2. The van der Waals surface area contributed by atoms with Crippen LogP contribution in [0.15, 0.2) is 55.4 Å². The van der Waals surface area contributed by atoms with Crippen LogP contribution in [0.25, 0.3) is 0 Å². The highest BCUT2D eigenvalue weighted by atomic mass is 19.4. The van der Waals surface area contributed by atoms with Crippen LogP contribution in [-0.4, -0.2) is 53.1 Å². The van der Waals surface area contributed by atoms with Crippen molar-refractivity contribution >= 4 is 11.9 Å². The van der Waals surface area contributed by atoms with Crippen LogP contribution in [0.2, 0.25) is 0 Å². The molecular weight excluding hydrogens is 385 g/mol. The predicted octanol–water partition coefficient (Wildman–Crippen LogP) is 2.92. The zero-order valence-corrected chi connectivity index (χ0v) is 15.7. The molecule has 0 bridgehead atoms. The minimum absolute atomic E-state index is 0.127. The van der Waals surface area contributed by atoms with Crippen LogP contribution in [0.5, 0.6) is 0 Å². The van der Waals surface area contributed by atoms with E-state index in [0.29, 0.717) is 37.7 Å². The van der Waals surface area contributed by atoms with Crippen LogP contribution in [0.3, 0.4) is 0 Å². The first-order chi connectivity index (χ1) is 13.9. The van der Waals surface area contributed by atoms with Crippen molar-refractivity contribution in [1.82, 2.24) is 14.9 Å². The van der Waals surface area contributed by atoms with E-state index in [0.717, 1.165) is 12.1 Å². The van der Waals surface area contributed by atoms with Crippen LogP contribution in [0.4, 0.5) is 19.1 Å². The Morgan fingerprint density at radius 2 is 1.86 bits per heavy atom. The summed E-state index contributed by atoms with van der Waals surface area (Å²) >= 11 is 0. The molecule has 6 nitrogen and oxygen atoms in total. The first-order valence-corrected chi connectivity index (χ1v) is 9.08. The summed E-state index contributed by atoms with van der Waals surface area (Å²) in [6.07, 6.45) is -0.215. The molecule has 0 saturated carbocycles. The fourth-order valence-corrected chi connectivity index (χ4v) is 3.05. The molecule has 1 aromatic heterocycles. The van der Waals surface area contributed by atoms with Gasteiger partial charge in [-0.2, -0.15) is 13.2 Å². The van der Waals surface area contributed by atoms with Crippen LogP contribution < -0.4 is 4.90 Å². The number of hydrogen-bond donors (Lipinski definition) is 0. The number of alkyl halides is 3. The van der Waals surface area contributed by atoms with Crippen LogP contribution >= 0.6 is 0 Å². The maximum absolute atomic E-state index is 12.7. The predicted molar refractivity (Wildman–Crippen MR) is 101 cm³/mol. The van der Waals surface area contributed by atoms with Gasteiger partial charge in [-0.25, -0.2) is 9.97 Å². The molecule has 29 heavy (non-hydrogen) atoms. The lowest BCUT2D eigenvalue weighted by Gasteiger charge is -2.24. The summed E-state index contributed by atoms with van der Waals surface area (Å²) in [7, 11) is 0. The summed E-state index contributed by atoms with van der Waals surface area (Å²) in [4.78, 5) is 24.2. The van der Waals surface area contributed by atoms with E-state index >= 15 is 0 Å². The van der Waals surface area contributed by atoms with Crippen LogP contribution in [0.1, 0.15) is 11.1 Å². The second-order valence-corrected chi connectivity index (χ2v) is 6.61. The molecule has 0 spiro atoms. The van der Waals surface area contributed by atoms with E-state index in [2.05, 4.69) is 16.5 Å². The highest BCUT2D eigenvalue weighted by molar-refractivity contribution is 5.87. The van der Waals surface area contributed by atoms with Gasteiger partial charge in [-0.15, -0.1) is 0 Å². The van der Waals surface area contributed by atoms with Crippen molar-refractivity contribution in [1.29, 1.82) is 0 Å². The normalized spacial score (nSPS) is 17.7. The van der Waals surface area contributed by atoms with Crippen molar-refractivity contribution in [3.05, 3.63) is 66.5 Å². The average Bonchev–Trinajstić information content (AvgIpc) is 2.95. The zero-order valence-electron chi connectivity index (χ0n) is 15.7. The summed E-state index contributed by atoms with van der Waals surface area (Å²) in [6.45, 7) is 5.44. The Morgan fingerprint density at radius 3 is 2.48 bits per heavy atom. The van der Waals surface area contributed by atoms with Gasteiger partial charge in [0.2, 0.25) is 11.9 Å². The maximum atomic E-state index is 12.7. The zero-order chi connectivity index (χ0) is 20.9. The fourth-order valence-electron chi connectivity index (χ4n) is 3.05. The summed E-state index contributed by atoms with van der Waals surface area (Å²) < 4.78 is 44.1. The molecular formula is C20H21F3N4O2. The number of benzene rings is 1. The summed E-state index contributed by atoms with van der Waals surface area (Å²) in [5.74, 6) is 0.326. The van der Waals surface area contributed by atoms with E-state index in [4.69, 9.17) is 4.74 Å². The summed E-state index contributed by atoms with van der Waals surface area (Å²) in [5, 5.41) is 0. The average molecular weight is 406 g/mol. The molecule has 1 saturated heterocycles. The molecule has 0 N–H and O–H groups in total. The maximum Gasteiger partial charge on any atom is 0.416 e. The number of ether oxygens (including phenoxy) is 1. The van der Waals surface area contributed by atoms with Gasteiger partial charge in [-0.3, -0.25) is 4.79 Å². The van der Waals surface area contributed by atoms with Crippen molar-refractivity contribution < 1.29 is 22.7 Å². The molecule has 154 valence electrons. The minimum atomic E-state index is -4.37. The molecule has 2 heterocycles. The lowest BCUT2D eigenvalue weighted by molar-refractivity contribution is -0.137. The smallest absolute Gasteiger partial charge is 0.370 e. The van der Waals surface area contributed by atoms with Gasteiger partial charge in [0.1, 0.15) is 0 Å². The van der Waals surface area contributed by atoms with E-state index < -0.39 is 11.7 Å². The number of carbonyl (C=O) groups excluding carboxylic acids is 1. The molecule has 3 rings (SSSR count). The lowest BCUT2D eigenvalue weighted by atomic mass is 10.1. The molecule has 1 aromatic carbocycles. The number of anilines is 1. The van der Waals surface area contributed by atoms with Crippen LogP contribution in [-0.2, 0) is 22.3 Å². The van der Waals surface area contributed by atoms with E-state index in [-0.39, 0.29) is 18.6 Å². The number of nitrogens with zero attached hydrogens (tertiary/aromatic N) is 4. The third-order valence-electron chi connectivity index (χ3n) is 4.58. The second-order valence-electron chi connectivity index (χ2n) is 6.61. The van der Waals surface area contributed by atoms with E-state index in [1.165, 1.54) is 18.2 Å². The van der Waals surface area contributed by atoms with E-state index in [9.17, 15) is 18.0 Å². The monoisotopic (exact) mass is 406 g/mol. The SMILES string of the molecule is C=CC(=O)N1CCN(c2ncccn2)CC(OCc2ccc(C(F)(F)F)cc2)C1. The molecule has 0 radical (unpaired) electrons. The highest BCUT2D eigenvalue weighted by Gasteiger charge is 2.30. The second kappa shape index (κ2) is 9.04. The van der Waals surface area contributed by atoms with Gasteiger partial charge in [-0.1, -0.05) is 18.7 Å². The summed E-state index contributed by atoms with van der Waals surface area (Å²) in [6, 6.07) is 6.56. The minimum Gasteiger partial charge on any atom is -0.370 e. The van der Waals surface area contributed by atoms with Gasteiger partial charge >= 0.3 is 6.18 Å². The van der Waals surface area contributed by atoms with Crippen LogP contribution in [0, 0.1) is 0 Å². The lowest BCUT2D eigenvalue weighted by Crippen LogP contribution is -2.38. The van der Waals surface area contributed by atoms with Crippen molar-refractivity contribution in [3.8, 4) is 0 Å². The van der Waals surface area contributed by atoms with Gasteiger partial charge in [0.05, 0.1) is 18.3 Å². The number of aromatic nitrogens is 2. The third-order valence-corrected chi connectivity index (χ3v) is 4.58. The van der Waals surface area contributed by atoms with Gasteiger partial charge < -0.3 is 14.5 Å². The Morgan fingerprint density at radius 1 is 1.17 bits per heavy atom. The molecule has 1 unspecified atom stereocenters. The van der Waals surface area contributed by atoms with Gasteiger partial charge in [-0.05, 0) is 29.8 Å². The fraction of sp³-hybridized carbons (Fsp3) is 0.350. The quantitative estimate of drug-likeness (QED) is 0.715. The highest BCUT2D eigenvalue weighted by Crippen LogP contribution is 2.29. The molecule has 1 fully saturated rings. The summed E-state index contributed by atoms with van der Waals surface area (Å²) in [5.41, 5.74) is -0.0859. The van der Waals surface area contributed by atoms with Crippen molar-refractivity contribution in [2.45, 2.75) is 18.9 Å². The topological polar surface area (TPSA) is 58.6 Å². The molecule has 1 amide bonds. The van der Waals surface area contributed by atoms with Crippen molar-refractivity contribution in [2.75, 3.05) is 31.1 Å². The largest absolute Gasteiger partial charge is 0.416 e. The molecule has 1 atom stereocenters. The Kier molecular flexibility index (Phi) is 6.48. The Hall–Kier alpha value is -2.94. The molecule has 1 aliphatic rings. The number of amides is 1. The number of rotatable bonds is 5. The van der Waals surface area contributed by atoms with Crippen molar-refractivity contribution in [2.24, 2.45) is 0 Å². The molecule has 9 heteroatoms. The molecule has 0 aliphatic carbocycles. The van der Waals surface area contributed by atoms with Gasteiger partial charge in [0, 0.05) is 38.6 Å². The number of hydrogen-bond acceptors (Lipinski definition) is 5. The molecule has 2 aromatic rings. The Labute approximate surface area is 166 Å². The third kappa shape index (κ3) is 5.54. The first kappa shape index (κ1) is 20.8. The van der Waals surface area contributed by atoms with Gasteiger partial charge in [0.15, 0.2) is 0 Å². The number of carbonyl (C=O) groups is 1. The van der Waals surface area contributed by atoms with Gasteiger partial charge in [0.25, 0.3) is 0 Å². The first-order valence-electron chi connectivity index (χ1n) is 9.08. The Bertz CT molecular complexity index is 828. The molecule has 1 aliphatic heterocycles. The van der Waals surface area contributed by atoms with Crippen molar-refractivity contribution in [3.63, 3.8) is 0 Å². The number of halogens is 3.